The summed E-state index contributed by atoms with van der Waals surface area (Å²) in [5.41, 5.74) is 8.13. The van der Waals surface area contributed by atoms with Gasteiger partial charge in [-0.2, -0.15) is 0 Å². The molecule has 46 heavy (non-hydrogen) atoms. The quantitative estimate of drug-likeness (QED) is 0.165. The van der Waals surface area contributed by atoms with Gasteiger partial charge >= 0.3 is 0 Å². The van der Waals surface area contributed by atoms with Crippen molar-refractivity contribution in [1.82, 2.24) is 19.9 Å². The Hall–Kier alpha value is -4.73. The zero-order valence-corrected chi connectivity index (χ0v) is 26.8. The van der Waals surface area contributed by atoms with Crippen molar-refractivity contribution >= 4 is 44.5 Å². The minimum absolute atomic E-state index is 0.000354. The molecule has 0 aliphatic carbocycles. The van der Waals surface area contributed by atoms with E-state index in [1.54, 1.807) is 42.9 Å². The van der Waals surface area contributed by atoms with Crippen molar-refractivity contribution < 1.29 is 22.4 Å². The minimum atomic E-state index is -4.25. The Balaban J connectivity index is 1.45. The maximum absolute atomic E-state index is 13.9. The van der Waals surface area contributed by atoms with Gasteiger partial charge in [-0.05, 0) is 49.7 Å². The van der Waals surface area contributed by atoms with E-state index < -0.39 is 22.0 Å². The number of benzene rings is 1. The van der Waals surface area contributed by atoms with E-state index in [4.69, 9.17) is 14.9 Å². The zero-order valence-electron chi connectivity index (χ0n) is 26.0. The van der Waals surface area contributed by atoms with E-state index in [0.29, 0.717) is 23.6 Å². The first-order chi connectivity index (χ1) is 22.1. The van der Waals surface area contributed by atoms with Gasteiger partial charge in [-0.1, -0.05) is 13.8 Å². The van der Waals surface area contributed by atoms with E-state index in [2.05, 4.69) is 47.2 Å². The van der Waals surface area contributed by atoms with Crippen LogP contribution in [0.25, 0.3) is 0 Å². The van der Waals surface area contributed by atoms with Crippen molar-refractivity contribution in [1.29, 1.82) is 0 Å². The number of hydrogen-bond acceptors (Lipinski definition) is 12. The average Bonchev–Trinajstić information content (AvgIpc) is 3.54. The summed E-state index contributed by atoms with van der Waals surface area (Å²) >= 11 is 0. The van der Waals surface area contributed by atoms with Gasteiger partial charge in [0.2, 0.25) is 5.91 Å². The summed E-state index contributed by atoms with van der Waals surface area (Å²) in [6.07, 6.45) is 8.25. The largest absolute Gasteiger partial charge is 0.482 e. The molecule has 1 aliphatic heterocycles. The van der Waals surface area contributed by atoms with Gasteiger partial charge in [0.15, 0.2) is 17.4 Å². The van der Waals surface area contributed by atoms with Crippen molar-refractivity contribution in [3.63, 3.8) is 0 Å². The van der Waals surface area contributed by atoms with E-state index in [9.17, 15) is 13.2 Å². The molecule has 3 aromatic heterocycles. The number of carbonyl (C=O) groups is 1. The summed E-state index contributed by atoms with van der Waals surface area (Å²) in [5, 5.41) is 5.86. The van der Waals surface area contributed by atoms with E-state index in [-0.39, 0.29) is 34.7 Å². The molecular formula is C31H39N9O5S. The van der Waals surface area contributed by atoms with Gasteiger partial charge in [0.1, 0.15) is 12.9 Å². The number of likely N-dealkylation sites (N-methyl/N-ethyl adjacent to an activating group) is 1. The number of rotatable bonds is 13. The molecule has 0 bridgehead atoms. The number of nitrogens with two attached hydrogens (primary N) is 1. The van der Waals surface area contributed by atoms with Gasteiger partial charge in [-0.3, -0.25) is 9.52 Å². The first-order valence-corrected chi connectivity index (χ1v) is 16.4. The van der Waals surface area contributed by atoms with E-state index >= 15 is 0 Å². The molecule has 0 saturated carbocycles. The standard InChI is InChI=1S/C31H39N9O5S/c1-21(2)13-27(32)31(41)37-24-14-23(36-22-5-12-44-19-22)15-26(16-24)46(42,43)38-30-28(45-20-29-33-6-4-7-34-29)17-25(18-35-30)40-10-8-39(3)9-11-40/h4-7,12,14-19,21,27,36H,8-11,13,20,32H2,1-3H3,(H,35,38)(H,37,41). The van der Waals surface area contributed by atoms with E-state index in [0.717, 1.165) is 31.9 Å². The Morgan fingerprint density at radius 2 is 1.78 bits per heavy atom. The van der Waals surface area contributed by atoms with Crippen molar-refractivity contribution in [3.8, 4) is 5.75 Å². The predicted molar refractivity (Wildman–Crippen MR) is 176 cm³/mol. The fraction of sp³-hybridized carbons (Fsp3) is 0.355. The van der Waals surface area contributed by atoms with E-state index in [1.165, 1.54) is 24.7 Å². The van der Waals surface area contributed by atoms with Crippen molar-refractivity contribution in [2.75, 3.05) is 53.5 Å². The number of nitrogens with one attached hydrogen (secondary N) is 3. The molecule has 1 aromatic carbocycles. The topological polar surface area (TPSA) is 181 Å². The van der Waals surface area contributed by atoms with E-state index in [1.807, 2.05) is 13.8 Å². The number of hydrogen-bond donors (Lipinski definition) is 4. The fourth-order valence-electron chi connectivity index (χ4n) is 4.84. The highest BCUT2D eigenvalue weighted by Gasteiger charge is 2.23. The predicted octanol–water partition coefficient (Wildman–Crippen LogP) is 3.65. The molecule has 1 atom stereocenters. The van der Waals surface area contributed by atoms with Crippen LogP contribution in [0.1, 0.15) is 26.1 Å². The highest BCUT2D eigenvalue weighted by Crippen LogP contribution is 2.32. The normalized spacial score (nSPS) is 14.6. The van der Waals surface area contributed by atoms with Crippen LogP contribution in [0.3, 0.4) is 0 Å². The number of pyridine rings is 1. The SMILES string of the molecule is CC(C)CC(N)C(=O)Nc1cc(Nc2ccoc2)cc(S(=O)(=O)Nc2ncc(N3CCN(C)CC3)cc2OCc2ncccn2)c1. The van der Waals surface area contributed by atoms with Gasteiger partial charge in [-0.25, -0.2) is 23.4 Å². The number of amides is 1. The lowest BCUT2D eigenvalue weighted by Gasteiger charge is -2.34. The van der Waals surface area contributed by atoms with Gasteiger partial charge in [0.05, 0.1) is 34.8 Å². The van der Waals surface area contributed by atoms with Gasteiger partial charge in [0, 0.05) is 56.0 Å². The maximum Gasteiger partial charge on any atom is 0.263 e. The first-order valence-electron chi connectivity index (χ1n) is 14.9. The lowest BCUT2D eigenvalue weighted by atomic mass is 10.0. The van der Waals surface area contributed by atoms with Crippen LogP contribution in [-0.4, -0.2) is 73.4 Å². The van der Waals surface area contributed by atoms with Gasteiger partial charge in [0.25, 0.3) is 10.0 Å². The van der Waals surface area contributed by atoms with Crippen LogP contribution in [0.15, 0.2) is 76.8 Å². The second-order valence-electron chi connectivity index (χ2n) is 11.5. The summed E-state index contributed by atoms with van der Waals surface area (Å²) in [5.74, 6) is 0.413. The van der Waals surface area contributed by atoms with Crippen LogP contribution in [0.5, 0.6) is 5.75 Å². The third-order valence-corrected chi connectivity index (χ3v) is 8.59. The minimum Gasteiger partial charge on any atom is -0.482 e. The molecule has 15 heteroatoms. The lowest BCUT2D eigenvalue weighted by Crippen LogP contribution is -2.44. The highest BCUT2D eigenvalue weighted by molar-refractivity contribution is 7.92. The Labute approximate surface area is 268 Å². The molecule has 4 heterocycles. The molecule has 0 radical (unpaired) electrons. The van der Waals surface area contributed by atoms with Crippen LogP contribution in [-0.2, 0) is 21.4 Å². The summed E-state index contributed by atoms with van der Waals surface area (Å²) in [4.78, 5) is 30.0. The molecule has 1 saturated heterocycles. The average molecular weight is 650 g/mol. The molecule has 1 fully saturated rings. The molecule has 1 aliphatic rings. The van der Waals surface area contributed by atoms with Crippen molar-refractivity contribution in [3.05, 3.63) is 73.3 Å². The van der Waals surface area contributed by atoms with Crippen LogP contribution in [0, 0.1) is 5.92 Å². The van der Waals surface area contributed by atoms with Crippen LogP contribution >= 0.6 is 0 Å². The fourth-order valence-corrected chi connectivity index (χ4v) is 5.93. The van der Waals surface area contributed by atoms with Crippen LogP contribution in [0.2, 0.25) is 0 Å². The Morgan fingerprint density at radius 1 is 1.04 bits per heavy atom. The summed E-state index contributed by atoms with van der Waals surface area (Å²) < 4.78 is 41.5. The number of aromatic nitrogens is 3. The molecule has 5 rings (SSSR count). The Kier molecular flexibility index (Phi) is 10.3. The number of anilines is 5. The summed E-state index contributed by atoms with van der Waals surface area (Å²) in [7, 11) is -2.18. The number of piperazine rings is 1. The van der Waals surface area contributed by atoms with Crippen molar-refractivity contribution in [2.45, 2.75) is 37.8 Å². The molecule has 0 spiro atoms. The smallest absolute Gasteiger partial charge is 0.263 e. The monoisotopic (exact) mass is 649 g/mol. The number of furan rings is 1. The number of ether oxygens (including phenoxy) is 1. The molecule has 14 nitrogen and oxygen atoms in total. The van der Waals surface area contributed by atoms with Gasteiger partial charge in [-0.15, -0.1) is 0 Å². The van der Waals surface area contributed by atoms with Gasteiger partial charge < -0.3 is 35.3 Å². The second-order valence-corrected chi connectivity index (χ2v) is 13.2. The summed E-state index contributed by atoms with van der Waals surface area (Å²) in [6.45, 7) is 7.28. The van der Waals surface area contributed by atoms with Crippen LogP contribution in [0.4, 0.5) is 28.6 Å². The molecule has 5 N–H and O–H groups in total. The molecule has 244 valence electrons. The summed E-state index contributed by atoms with van der Waals surface area (Å²) in [6, 6.07) is 8.79. The number of sulfonamides is 1. The van der Waals surface area contributed by atoms with Crippen LogP contribution < -0.4 is 30.7 Å². The first kappa shape index (κ1) is 32.7. The Morgan fingerprint density at radius 3 is 2.48 bits per heavy atom. The zero-order chi connectivity index (χ0) is 32.7. The third-order valence-electron chi connectivity index (χ3n) is 7.27. The maximum atomic E-state index is 13.9. The molecule has 1 unspecified atom stereocenters. The number of carbonyl (C=O) groups excluding carboxylic acids is 1. The molecule has 1 amide bonds. The Bertz CT molecular complexity index is 1710. The van der Waals surface area contributed by atoms with Crippen molar-refractivity contribution in [2.24, 2.45) is 11.7 Å². The molecule has 4 aromatic rings. The lowest BCUT2D eigenvalue weighted by molar-refractivity contribution is -0.117. The second kappa shape index (κ2) is 14.6. The molecular weight excluding hydrogens is 610 g/mol. The highest BCUT2D eigenvalue weighted by atomic mass is 32.2. The third kappa shape index (κ3) is 8.71. The number of nitrogens with zero attached hydrogens (tertiary/aromatic N) is 5.